The Hall–Kier alpha value is -1.49. The van der Waals surface area contributed by atoms with E-state index in [1.165, 1.54) is 11.3 Å². The predicted molar refractivity (Wildman–Crippen MR) is 116 cm³/mol. The zero-order valence-electron chi connectivity index (χ0n) is 16.1. The van der Waals surface area contributed by atoms with Crippen molar-refractivity contribution in [3.8, 4) is 5.75 Å². The lowest BCUT2D eigenvalue weighted by Crippen LogP contribution is -2.38. The molecule has 1 fully saturated rings. The van der Waals surface area contributed by atoms with Crippen molar-refractivity contribution >= 4 is 44.2 Å². The maximum absolute atomic E-state index is 11.9. The molecule has 0 saturated carbocycles. The van der Waals surface area contributed by atoms with Gasteiger partial charge in [0.1, 0.15) is 5.75 Å². The van der Waals surface area contributed by atoms with Crippen LogP contribution in [0, 0.1) is 3.95 Å². The third-order valence-electron chi connectivity index (χ3n) is 4.59. The van der Waals surface area contributed by atoms with Gasteiger partial charge in [-0.2, -0.15) is 0 Å². The number of rotatable bonds is 9. The molecule has 2 aromatic rings. The Labute approximate surface area is 175 Å². The molecule has 0 bridgehead atoms. The first-order valence-corrected chi connectivity index (χ1v) is 12.5. The van der Waals surface area contributed by atoms with Crippen molar-refractivity contribution in [1.82, 2.24) is 14.7 Å². The molecule has 0 amide bonds. The van der Waals surface area contributed by atoms with Gasteiger partial charge in [0, 0.05) is 6.04 Å². The van der Waals surface area contributed by atoms with Gasteiger partial charge >= 0.3 is 0 Å². The topological polar surface area (TPSA) is 76.5 Å². The second-order valence-electron chi connectivity index (χ2n) is 6.74. The lowest BCUT2D eigenvalue weighted by atomic mass is 10.2. The summed E-state index contributed by atoms with van der Waals surface area (Å²) in [6.07, 6.45) is 1.62. The minimum atomic E-state index is -2.93. The van der Waals surface area contributed by atoms with Gasteiger partial charge in [0.05, 0.1) is 30.5 Å². The molecule has 0 aliphatic carbocycles. The number of hydrogen-bond acceptors (Lipinski definition) is 8. The molecule has 0 radical (unpaired) electrons. The molecule has 1 saturated heterocycles. The van der Waals surface area contributed by atoms with E-state index in [0.29, 0.717) is 28.8 Å². The van der Waals surface area contributed by atoms with Gasteiger partial charge in [-0.25, -0.2) is 13.1 Å². The number of benzene rings is 1. The van der Waals surface area contributed by atoms with Crippen LogP contribution in [0.3, 0.4) is 0 Å². The number of hydrogen-bond donors (Lipinski definition) is 1. The molecular formula is C18H26N4O3S3. The first kappa shape index (κ1) is 21.2. The van der Waals surface area contributed by atoms with Gasteiger partial charge in [0.15, 0.2) is 13.8 Å². The van der Waals surface area contributed by atoms with Crippen molar-refractivity contribution in [1.29, 1.82) is 0 Å². The van der Waals surface area contributed by atoms with Crippen molar-refractivity contribution in [3.05, 3.63) is 28.2 Å². The van der Waals surface area contributed by atoms with Crippen LogP contribution in [0.4, 0.5) is 10.8 Å². The molecule has 1 aliphatic rings. The van der Waals surface area contributed by atoms with E-state index in [4.69, 9.17) is 17.0 Å². The lowest BCUT2D eigenvalue weighted by Gasteiger charge is -2.27. The van der Waals surface area contributed by atoms with Gasteiger partial charge in [-0.3, -0.25) is 4.90 Å². The highest BCUT2D eigenvalue weighted by atomic mass is 32.2. The number of sulfone groups is 1. The molecule has 10 heteroatoms. The molecule has 1 aromatic heterocycles. The van der Waals surface area contributed by atoms with Gasteiger partial charge in [0.25, 0.3) is 0 Å². The molecular weight excluding hydrogens is 416 g/mol. The zero-order chi connectivity index (χ0) is 20.1. The van der Waals surface area contributed by atoms with Gasteiger partial charge < -0.3 is 10.1 Å². The maximum atomic E-state index is 11.9. The third-order valence-corrected chi connectivity index (χ3v) is 7.56. The Morgan fingerprint density at radius 3 is 2.86 bits per heavy atom. The number of aromatic nitrogens is 2. The first-order chi connectivity index (χ1) is 13.4. The smallest absolute Gasteiger partial charge is 0.209 e. The Balaban J connectivity index is 1.75. The molecule has 1 aromatic carbocycles. The third kappa shape index (κ3) is 5.31. The monoisotopic (exact) mass is 442 g/mol. The van der Waals surface area contributed by atoms with Crippen LogP contribution >= 0.6 is 23.6 Å². The summed E-state index contributed by atoms with van der Waals surface area (Å²) in [5.74, 6) is 1.25. The van der Waals surface area contributed by atoms with Crippen LogP contribution in [0.25, 0.3) is 0 Å². The summed E-state index contributed by atoms with van der Waals surface area (Å²) in [7, 11) is -2.93. The maximum Gasteiger partial charge on any atom is 0.209 e. The van der Waals surface area contributed by atoms with E-state index in [1.807, 2.05) is 31.2 Å². The summed E-state index contributed by atoms with van der Waals surface area (Å²) in [5.41, 5.74) is 0.840. The number of ether oxygens (including phenoxy) is 1. The molecule has 7 nitrogen and oxygen atoms in total. The van der Waals surface area contributed by atoms with Crippen molar-refractivity contribution in [2.45, 2.75) is 39.4 Å². The SMILES string of the molecule is CCCN(Cn1nc(Nc2ccccc2OCC)sc1=S)[C@@H]1CCS(=O)(=O)C1. The van der Waals surface area contributed by atoms with Crippen LogP contribution < -0.4 is 10.1 Å². The van der Waals surface area contributed by atoms with Crippen LogP contribution in [-0.2, 0) is 16.5 Å². The van der Waals surface area contributed by atoms with E-state index in [0.717, 1.165) is 24.4 Å². The predicted octanol–water partition coefficient (Wildman–Crippen LogP) is 3.67. The Morgan fingerprint density at radius 1 is 1.39 bits per heavy atom. The Morgan fingerprint density at radius 2 is 2.18 bits per heavy atom. The number of para-hydroxylation sites is 2. The molecule has 28 heavy (non-hydrogen) atoms. The number of nitrogens with one attached hydrogen (secondary N) is 1. The standard InChI is InChI=1S/C18H26N4O3S3/c1-3-10-21(14-9-11-28(23,24)12-14)13-22-18(26)27-17(20-22)19-15-7-5-6-8-16(15)25-4-2/h5-8,14H,3-4,9-13H2,1-2H3,(H,19,20)/t14-/m1/s1. The van der Waals surface area contributed by atoms with E-state index in [9.17, 15) is 8.42 Å². The largest absolute Gasteiger partial charge is 0.492 e. The van der Waals surface area contributed by atoms with Crippen molar-refractivity contribution in [2.75, 3.05) is 30.0 Å². The minimum Gasteiger partial charge on any atom is -0.492 e. The molecule has 3 rings (SSSR count). The fraction of sp³-hybridized carbons (Fsp3) is 0.556. The van der Waals surface area contributed by atoms with Crippen LogP contribution in [0.1, 0.15) is 26.7 Å². The van der Waals surface area contributed by atoms with E-state index >= 15 is 0 Å². The highest BCUT2D eigenvalue weighted by molar-refractivity contribution is 7.91. The van der Waals surface area contributed by atoms with Crippen LogP contribution in [0.5, 0.6) is 5.75 Å². The molecule has 0 unspecified atom stereocenters. The highest BCUT2D eigenvalue weighted by Gasteiger charge is 2.32. The van der Waals surface area contributed by atoms with E-state index < -0.39 is 9.84 Å². The molecule has 154 valence electrons. The average Bonchev–Trinajstić information content (AvgIpc) is 3.18. The van der Waals surface area contributed by atoms with Gasteiger partial charge in [0.2, 0.25) is 5.13 Å². The molecule has 2 heterocycles. The summed E-state index contributed by atoms with van der Waals surface area (Å²) in [6, 6.07) is 7.74. The summed E-state index contributed by atoms with van der Waals surface area (Å²) in [6.45, 7) is 5.93. The zero-order valence-corrected chi connectivity index (χ0v) is 18.6. The second kappa shape index (κ2) is 9.34. The summed E-state index contributed by atoms with van der Waals surface area (Å²) < 4.78 is 31.8. The molecule has 0 spiro atoms. The minimum absolute atomic E-state index is 0.0311. The van der Waals surface area contributed by atoms with Gasteiger partial charge in [-0.05, 0) is 50.7 Å². The molecule has 1 atom stereocenters. The van der Waals surface area contributed by atoms with Crippen molar-refractivity contribution < 1.29 is 13.2 Å². The second-order valence-corrected chi connectivity index (χ2v) is 10.6. The highest BCUT2D eigenvalue weighted by Crippen LogP contribution is 2.29. The van der Waals surface area contributed by atoms with E-state index in [1.54, 1.807) is 4.68 Å². The quantitative estimate of drug-likeness (QED) is 0.594. The Kier molecular flexibility index (Phi) is 7.08. The van der Waals surface area contributed by atoms with Crippen molar-refractivity contribution in [2.24, 2.45) is 0 Å². The van der Waals surface area contributed by atoms with Gasteiger partial charge in [-0.15, -0.1) is 5.10 Å². The fourth-order valence-corrected chi connectivity index (χ4v) is 6.07. The van der Waals surface area contributed by atoms with Crippen LogP contribution in [-0.4, -0.2) is 53.8 Å². The van der Waals surface area contributed by atoms with Crippen LogP contribution in [0.2, 0.25) is 0 Å². The van der Waals surface area contributed by atoms with Crippen molar-refractivity contribution in [3.63, 3.8) is 0 Å². The average molecular weight is 443 g/mol. The number of anilines is 2. The number of nitrogens with zero attached hydrogens (tertiary/aromatic N) is 3. The molecule has 1 aliphatic heterocycles. The normalized spacial score (nSPS) is 18.5. The van der Waals surface area contributed by atoms with E-state index in [2.05, 4.69) is 22.2 Å². The fourth-order valence-electron chi connectivity index (χ4n) is 3.30. The first-order valence-electron chi connectivity index (χ1n) is 9.43. The summed E-state index contributed by atoms with van der Waals surface area (Å²) in [5, 5.41) is 8.58. The summed E-state index contributed by atoms with van der Waals surface area (Å²) >= 11 is 6.89. The van der Waals surface area contributed by atoms with E-state index in [-0.39, 0.29) is 17.5 Å². The lowest BCUT2D eigenvalue weighted by molar-refractivity contribution is 0.156. The summed E-state index contributed by atoms with van der Waals surface area (Å²) in [4.78, 5) is 2.18. The molecule has 1 N–H and O–H groups in total. The van der Waals surface area contributed by atoms with Gasteiger partial charge in [-0.1, -0.05) is 30.4 Å². The Bertz CT molecular complexity index is 955. The van der Waals surface area contributed by atoms with Crippen LogP contribution in [0.15, 0.2) is 24.3 Å².